The SMILES string of the molecule is Cc1ccc(N2CCCC2)c(C(=O)Nc2ccc3c(c2F)CCNC3)c1. The van der Waals surface area contributed by atoms with Crippen LogP contribution in [0.3, 0.4) is 0 Å². The summed E-state index contributed by atoms with van der Waals surface area (Å²) in [7, 11) is 0. The molecule has 0 bridgehead atoms. The summed E-state index contributed by atoms with van der Waals surface area (Å²) in [5.41, 5.74) is 4.53. The molecule has 4 rings (SSSR count). The largest absolute Gasteiger partial charge is 0.371 e. The molecule has 0 spiro atoms. The molecule has 0 atom stereocenters. The van der Waals surface area contributed by atoms with Crippen LogP contribution in [0.15, 0.2) is 30.3 Å². The maximum Gasteiger partial charge on any atom is 0.257 e. The average molecular weight is 353 g/mol. The molecule has 1 amide bonds. The van der Waals surface area contributed by atoms with Crippen molar-refractivity contribution in [3.8, 4) is 0 Å². The number of rotatable bonds is 3. The maximum absolute atomic E-state index is 14.9. The van der Waals surface area contributed by atoms with E-state index < -0.39 is 0 Å². The molecule has 2 aliphatic rings. The summed E-state index contributed by atoms with van der Waals surface area (Å²) in [5, 5.41) is 6.05. The lowest BCUT2D eigenvalue weighted by atomic mass is 9.99. The van der Waals surface area contributed by atoms with E-state index in [9.17, 15) is 9.18 Å². The highest BCUT2D eigenvalue weighted by Gasteiger charge is 2.22. The third kappa shape index (κ3) is 3.19. The average Bonchev–Trinajstić information content (AvgIpc) is 3.18. The van der Waals surface area contributed by atoms with Gasteiger partial charge in [0.2, 0.25) is 0 Å². The number of fused-ring (bicyclic) bond motifs is 1. The molecule has 0 unspecified atom stereocenters. The molecular formula is C21H24FN3O. The Kier molecular flexibility index (Phi) is 4.64. The van der Waals surface area contributed by atoms with Gasteiger partial charge in [-0.3, -0.25) is 4.79 Å². The molecule has 1 fully saturated rings. The van der Waals surface area contributed by atoms with Crippen molar-refractivity contribution in [3.05, 3.63) is 58.4 Å². The minimum Gasteiger partial charge on any atom is -0.371 e. The number of halogens is 1. The van der Waals surface area contributed by atoms with E-state index in [1.807, 2.05) is 31.2 Å². The number of aryl methyl sites for hydroxylation is 1. The van der Waals surface area contributed by atoms with Gasteiger partial charge in [0.15, 0.2) is 0 Å². The molecule has 136 valence electrons. The molecule has 2 aromatic carbocycles. The van der Waals surface area contributed by atoms with E-state index in [0.717, 1.165) is 49.3 Å². The van der Waals surface area contributed by atoms with Crippen molar-refractivity contribution in [1.29, 1.82) is 0 Å². The van der Waals surface area contributed by atoms with Crippen molar-refractivity contribution in [2.24, 2.45) is 0 Å². The first-order valence-electron chi connectivity index (χ1n) is 9.31. The zero-order valence-electron chi connectivity index (χ0n) is 15.1. The van der Waals surface area contributed by atoms with Gasteiger partial charge >= 0.3 is 0 Å². The molecule has 2 aromatic rings. The summed E-state index contributed by atoms with van der Waals surface area (Å²) in [6, 6.07) is 9.49. The number of nitrogens with one attached hydrogen (secondary N) is 2. The van der Waals surface area contributed by atoms with Gasteiger partial charge in [-0.1, -0.05) is 17.7 Å². The van der Waals surface area contributed by atoms with Crippen LogP contribution < -0.4 is 15.5 Å². The number of amides is 1. The molecule has 2 heterocycles. The fourth-order valence-corrected chi connectivity index (χ4v) is 3.89. The highest BCUT2D eigenvalue weighted by Crippen LogP contribution is 2.28. The van der Waals surface area contributed by atoms with E-state index in [2.05, 4.69) is 15.5 Å². The van der Waals surface area contributed by atoms with Crippen molar-refractivity contribution in [1.82, 2.24) is 5.32 Å². The van der Waals surface area contributed by atoms with Gasteiger partial charge in [0.05, 0.1) is 11.3 Å². The standard InChI is InChI=1S/C21H24FN3O/c1-14-4-7-19(25-10-2-3-11-25)17(12-14)21(26)24-18-6-5-15-13-23-9-8-16(15)20(18)22/h4-7,12,23H,2-3,8-11,13H2,1H3,(H,24,26). The van der Waals surface area contributed by atoms with Gasteiger partial charge in [-0.15, -0.1) is 0 Å². The zero-order chi connectivity index (χ0) is 18.1. The highest BCUT2D eigenvalue weighted by atomic mass is 19.1. The third-order valence-electron chi connectivity index (χ3n) is 5.30. The van der Waals surface area contributed by atoms with Crippen LogP contribution in [-0.4, -0.2) is 25.5 Å². The maximum atomic E-state index is 14.9. The number of hydrogen-bond acceptors (Lipinski definition) is 3. The minimum absolute atomic E-state index is 0.247. The van der Waals surface area contributed by atoms with Gasteiger partial charge in [0.1, 0.15) is 5.82 Å². The molecule has 4 nitrogen and oxygen atoms in total. The molecule has 0 radical (unpaired) electrons. The van der Waals surface area contributed by atoms with Crippen LogP contribution in [0.5, 0.6) is 0 Å². The van der Waals surface area contributed by atoms with Crippen LogP contribution in [-0.2, 0) is 13.0 Å². The van der Waals surface area contributed by atoms with Gasteiger partial charge in [0, 0.05) is 25.3 Å². The molecular weight excluding hydrogens is 329 g/mol. The van der Waals surface area contributed by atoms with Crippen molar-refractivity contribution >= 4 is 17.3 Å². The Morgan fingerprint density at radius 3 is 2.81 bits per heavy atom. The Hall–Kier alpha value is -2.40. The number of carbonyl (C=O) groups excluding carboxylic acids is 1. The molecule has 0 saturated carbocycles. The Morgan fingerprint density at radius 1 is 1.19 bits per heavy atom. The molecule has 0 aromatic heterocycles. The lowest BCUT2D eigenvalue weighted by molar-refractivity contribution is 0.102. The topological polar surface area (TPSA) is 44.4 Å². The van der Waals surface area contributed by atoms with Gasteiger partial charge in [-0.25, -0.2) is 4.39 Å². The monoisotopic (exact) mass is 353 g/mol. The zero-order valence-corrected chi connectivity index (χ0v) is 15.1. The smallest absolute Gasteiger partial charge is 0.257 e. The second-order valence-corrected chi connectivity index (χ2v) is 7.16. The van der Waals surface area contributed by atoms with E-state index in [1.54, 1.807) is 6.07 Å². The van der Waals surface area contributed by atoms with Crippen molar-refractivity contribution in [3.63, 3.8) is 0 Å². The minimum atomic E-state index is -0.298. The summed E-state index contributed by atoms with van der Waals surface area (Å²) in [4.78, 5) is 15.2. The van der Waals surface area contributed by atoms with Crippen LogP contribution >= 0.6 is 0 Å². The van der Waals surface area contributed by atoms with Crippen LogP contribution in [0, 0.1) is 12.7 Å². The van der Waals surface area contributed by atoms with Crippen LogP contribution in [0.25, 0.3) is 0 Å². The first-order valence-corrected chi connectivity index (χ1v) is 9.31. The van der Waals surface area contributed by atoms with Crippen molar-refractivity contribution in [2.75, 3.05) is 29.9 Å². The van der Waals surface area contributed by atoms with Crippen LogP contribution in [0.1, 0.15) is 39.9 Å². The van der Waals surface area contributed by atoms with Gasteiger partial charge in [0.25, 0.3) is 5.91 Å². The normalized spacial score (nSPS) is 16.5. The quantitative estimate of drug-likeness (QED) is 0.886. The number of nitrogens with zero attached hydrogens (tertiary/aromatic N) is 1. The number of hydrogen-bond donors (Lipinski definition) is 2. The van der Waals surface area contributed by atoms with Gasteiger partial charge < -0.3 is 15.5 Å². The fourth-order valence-electron chi connectivity index (χ4n) is 3.89. The Bertz CT molecular complexity index is 843. The molecule has 2 aliphatic heterocycles. The van der Waals surface area contributed by atoms with E-state index in [4.69, 9.17) is 0 Å². The van der Waals surface area contributed by atoms with Gasteiger partial charge in [-0.05, 0) is 62.1 Å². The number of benzene rings is 2. The number of carbonyl (C=O) groups is 1. The van der Waals surface area contributed by atoms with E-state index in [-0.39, 0.29) is 17.4 Å². The first kappa shape index (κ1) is 17.0. The second-order valence-electron chi connectivity index (χ2n) is 7.16. The van der Waals surface area contributed by atoms with Crippen LogP contribution in [0.4, 0.5) is 15.8 Å². The van der Waals surface area contributed by atoms with E-state index in [0.29, 0.717) is 24.1 Å². The Morgan fingerprint density at radius 2 is 2.00 bits per heavy atom. The number of anilines is 2. The van der Waals surface area contributed by atoms with Crippen LogP contribution in [0.2, 0.25) is 0 Å². The predicted octanol–water partition coefficient (Wildman–Crippen LogP) is 3.63. The molecule has 1 saturated heterocycles. The summed E-state index contributed by atoms with van der Waals surface area (Å²) in [5.74, 6) is -0.545. The summed E-state index contributed by atoms with van der Waals surface area (Å²) in [6.07, 6.45) is 2.93. The predicted molar refractivity (Wildman–Crippen MR) is 102 cm³/mol. The fraction of sp³-hybridized carbons (Fsp3) is 0.381. The first-order chi connectivity index (χ1) is 12.6. The highest BCUT2D eigenvalue weighted by molar-refractivity contribution is 6.08. The second kappa shape index (κ2) is 7.08. The lowest BCUT2D eigenvalue weighted by Gasteiger charge is -2.22. The lowest BCUT2D eigenvalue weighted by Crippen LogP contribution is -2.26. The summed E-state index contributed by atoms with van der Waals surface area (Å²) >= 11 is 0. The van der Waals surface area contributed by atoms with Crippen molar-refractivity contribution in [2.45, 2.75) is 32.7 Å². The third-order valence-corrected chi connectivity index (χ3v) is 5.30. The van der Waals surface area contributed by atoms with Gasteiger partial charge in [-0.2, -0.15) is 0 Å². The molecule has 5 heteroatoms. The molecule has 26 heavy (non-hydrogen) atoms. The molecule has 2 N–H and O–H groups in total. The summed E-state index contributed by atoms with van der Waals surface area (Å²) in [6.45, 7) is 5.33. The summed E-state index contributed by atoms with van der Waals surface area (Å²) < 4.78 is 14.9. The molecule has 0 aliphatic carbocycles. The Balaban J connectivity index is 1.64. The Labute approximate surface area is 153 Å². The van der Waals surface area contributed by atoms with Crippen molar-refractivity contribution < 1.29 is 9.18 Å². The van der Waals surface area contributed by atoms with E-state index in [1.165, 1.54) is 0 Å². The van der Waals surface area contributed by atoms with E-state index >= 15 is 0 Å².